The summed E-state index contributed by atoms with van der Waals surface area (Å²) >= 11 is 12.2. The second kappa shape index (κ2) is 10.5. The SMILES string of the molecule is COc1c(-c2ccc(C[C@H](NC(=O)c3c(Cl)cccc3Cl)C(=O)O)c3ncccc23)ccc(F)c1F. The molecule has 1 heterocycles. The number of nitrogens with one attached hydrogen (secondary N) is 1. The Hall–Kier alpha value is -3.75. The van der Waals surface area contributed by atoms with Gasteiger partial charge in [-0.3, -0.25) is 9.78 Å². The van der Waals surface area contributed by atoms with E-state index in [1.54, 1.807) is 30.3 Å². The summed E-state index contributed by atoms with van der Waals surface area (Å²) in [4.78, 5) is 29.2. The summed E-state index contributed by atoms with van der Waals surface area (Å²) in [7, 11) is 1.24. The molecule has 36 heavy (non-hydrogen) atoms. The van der Waals surface area contributed by atoms with Gasteiger partial charge in [0.05, 0.1) is 28.2 Å². The fourth-order valence-corrected chi connectivity index (χ4v) is 4.51. The first kappa shape index (κ1) is 25.3. The predicted molar refractivity (Wildman–Crippen MR) is 133 cm³/mol. The molecule has 10 heteroatoms. The Morgan fingerprint density at radius 2 is 1.72 bits per heavy atom. The molecule has 4 rings (SSSR count). The van der Waals surface area contributed by atoms with E-state index in [4.69, 9.17) is 27.9 Å². The van der Waals surface area contributed by atoms with E-state index in [1.165, 1.54) is 31.5 Å². The Morgan fingerprint density at radius 3 is 2.39 bits per heavy atom. The molecule has 0 aliphatic carbocycles. The number of pyridine rings is 1. The highest BCUT2D eigenvalue weighted by Gasteiger charge is 2.25. The zero-order valence-corrected chi connectivity index (χ0v) is 20.2. The van der Waals surface area contributed by atoms with Gasteiger partial charge in [0.1, 0.15) is 6.04 Å². The third-order valence-corrected chi connectivity index (χ3v) is 6.24. The fourth-order valence-electron chi connectivity index (χ4n) is 3.94. The maximum Gasteiger partial charge on any atom is 0.326 e. The number of aromatic nitrogens is 1. The summed E-state index contributed by atoms with van der Waals surface area (Å²) in [6.07, 6.45) is 1.40. The summed E-state index contributed by atoms with van der Waals surface area (Å²) in [5.74, 6) is -4.45. The molecule has 1 aromatic heterocycles. The predicted octanol–water partition coefficient (Wildman–Crippen LogP) is 5.92. The van der Waals surface area contributed by atoms with Gasteiger partial charge < -0.3 is 15.2 Å². The molecule has 4 aromatic rings. The Morgan fingerprint density at radius 1 is 1.03 bits per heavy atom. The van der Waals surface area contributed by atoms with E-state index in [9.17, 15) is 23.5 Å². The van der Waals surface area contributed by atoms with Crippen LogP contribution in [0.4, 0.5) is 8.78 Å². The second-order valence-corrected chi connectivity index (χ2v) is 8.59. The zero-order valence-electron chi connectivity index (χ0n) is 18.7. The molecule has 0 bridgehead atoms. The molecular formula is C26H18Cl2F2N2O4. The van der Waals surface area contributed by atoms with Crippen LogP contribution in [0.3, 0.4) is 0 Å². The Kier molecular flexibility index (Phi) is 7.37. The summed E-state index contributed by atoms with van der Waals surface area (Å²) in [5.41, 5.74) is 1.72. The lowest BCUT2D eigenvalue weighted by Crippen LogP contribution is -2.42. The second-order valence-electron chi connectivity index (χ2n) is 7.78. The van der Waals surface area contributed by atoms with Crippen LogP contribution < -0.4 is 10.1 Å². The smallest absolute Gasteiger partial charge is 0.326 e. The van der Waals surface area contributed by atoms with Crippen molar-refractivity contribution in [1.82, 2.24) is 10.3 Å². The quantitative estimate of drug-likeness (QED) is 0.309. The lowest BCUT2D eigenvalue weighted by Gasteiger charge is -2.18. The number of fused-ring (bicyclic) bond motifs is 1. The van der Waals surface area contributed by atoms with Crippen molar-refractivity contribution in [2.24, 2.45) is 0 Å². The van der Waals surface area contributed by atoms with E-state index in [0.29, 0.717) is 27.6 Å². The van der Waals surface area contributed by atoms with Crippen LogP contribution >= 0.6 is 23.2 Å². The molecule has 0 aliphatic heterocycles. The number of rotatable bonds is 7. The third kappa shape index (κ3) is 4.82. The number of carbonyl (C=O) groups excluding carboxylic acids is 1. The van der Waals surface area contributed by atoms with Gasteiger partial charge in [0.25, 0.3) is 5.91 Å². The number of halogens is 4. The number of hydrogen-bond donors (Lipinski definition) is 2. The van der Waals surface area contributed by atoms with Gasteiger partial charge in [0, 0.05) is 23.6 Å². The molecule has 0 spiro atoms. The van der Waals surface area contributed by atoms with Crippen LogP contribution in [0.25, 0.3) is 22.0 Å². The minimum absolute atomic E-state index is 0.0316. The van der Waals surface area contributed by atoms with Crippen molar-refractivity contribution in [2.75, 3.05) is 7.11 Å². The van der Waals surface area contributed by atoms with Gasteiger partial charge in [-0.15, -0.1) is 0 Å². The van der Waals surface area contributed by atoms with Crippen LogP contribution in [0.15, 0.2) is 60.8 Å². The van der Waals surface area contributed by atoms with E-state index in [-0.39, 0.29) is 27.8 Å². The molecule has 184 valence electrons. The summed E-state index contributed by atoms with van der Waals surface area (Å²) in [6, 6.07) is 12.2. The van der Waals surface area contributed by atoms with E-state index in [0.717, 1.165) is 6.07 Å². The lowest BCUT2D eigenvalue weighted by molar-refractivity contribution is -0.139. The monoisotopic (exact) mass is 530 g/mol. The first-order valence-electron chi connectivity index (χ1n) is 10.6. The molecule has 6 nitrogen and oxygen atoms in total. The molecule has 1 atom stereocenters. The van der Waals surface area contributed by atoms with Gasteiger partial charge in [-0.2, -0.15) is 4.39 Å². The lowest BCUT2D eigenvalue weighted by atomic mass is 9.94. The first-order chi connectivity index (χ1) is 17.2. The molecule has 1 amide bonds. The molecule has 0 radical (unpaired) electrons. The van der Waals surface area contributed by atoms with E-state index >= 15 is 0 Å². The first-order valence-corrected chi connectivity index (χ1v) is 11.3. The summed E-state index contributed by atoms with van der Waals surface area (Å²) in [5, 5.41) is 13.0. The van der Waals surface area contributed by atoms with Crippen molar-refractivity contribution < 1.29 is 28.2 Å². The van der Waals surface area contributed by atoms with Gasteiger partial charge >= 0.3 is 5.97 Å². The van der Waals surface area contributed by atoms with Crippen molar-refractivity contribution >= 4 is 46.0 Å². The van der Waals surface area contributed by atoms with E-state index < -0.39 is 29.6 Å². The number of carboxylic acid groups (broad SMARTS) is 1. The van der Waals surface area contributed by atoms with Crippen LogP contribution in [-0.2, 0) is 11.2 Å². The highest BCUT2D eigenvalue weighted by Crippen LogP contribution is 2.38. The van der Waals surface area contributed by atoms with Crippen molar-refractivity contribution in [3.63, 3.8) is 0 Å². The average molecular weight is 531 g/mol. The Labute approximate surface area is 214 Å². The molecule has 0 fully saturated rings. The minimum Gasteiger partial charge on any atom is -0.493 e. The highest BCUT2D eigenvalue weighted by molar-refractivity contribution is 6.39. The minimum atomic E-state index is -1.33. The maximum atomic E-state index is 14.4. The van der Waals surface area contributed by atoms with E-state index in [2.05, 4.69) is 10.3 Å². The van der Waals surface area contributed by atoms with Gasteiger partial charge in [0.15, 0.2) is 11.6 Å². The average Bonchev–Trinajstić information content (AvgIpc) is 2.85. The van der Waals surface area contributed by atoms with Crippen LogP contribution in [0.2, 0.25) is 10.0 Å². The molecule has 0 saturated carbocycles. The normalized spacial score (nSPS) is 11.8. The molecule has 3 aromatic carbocycles. The summed E-state index contributed by atoms with van der Waals surface area (Å²) < 4.78 is 33.2. The number of benzene rings is 3. The van der Waals surface area contributed by atoms with E-state index in [1.807, 2.05) is 0 Å². The third-order valence-electron chi connectivity index (χ3n) is 5.61. The van der Waals surface area contributed by atoms with Gasteiger partial charge in [-0.05, 0) is 41.5 Å². The van der Waals surface area contributed by atoms with Crippen LogP contribution in [0.1, 0.15) is 15.9 Å². The highest BCUT2D eigenvalue weighted by atomic mass is 35.5. The Balaban J connectivity index is 1.74. The summed E-state index contributed by atoms with van der Waals surface area (Å²) in [6.45, 7) is 0. The van der Waals surface area contributed by atoms with Crippen molar-refractivity contribution in [3.8, 4) is 16.9 Å². The molecule has 2 N–H and O–H groups in total. The molecule has 0 aliphatic rings. The number of carbonyl (C=O) groups is 2. The Bertz CT molecular complexity index is 1480. The number of amides is 1. The molecular weight excluding hydrogens is 513 g/mol. The topological polar surface area (TPSA) is 88.5 Å². The van der Waals surface area contributed by atoms with Crippen molar-refractivity contribution in [3.05, 3.63) is 93.6 Å². The number of carboxylic acids is 1. The molecule has 0 saturated heterocycles. The van der Waals surface area contributed by atoms with Crippen LogP contribution in [0, 0.1) is 11.6 Å². The van der Waals surface area contributed by atoms with Gasteiger partial charge in [-0.1, -0.05) is 47.5 Å². The number of nitrogens with zero attached hydrogens (tertiary/aromatic N) is 1. The molecule has 0 unspecified atom stereocenters. The standard InChI is InChI=1S/C26H18Cl2F2N2O4/c1-36-24-16(9-10-19(29)22(24)30)14-8-7-13(23-15(14)4-3-11-31-23)12-20(26(34)35)32-25(33)21-17(27)5-2-6-18(21)28/h2-11,20H,12H2,1H3,(H,32,33)(H,34,35)/t20-/m0/s1. The maximum absolute atomic E-state index is 14.4. The fraction of sp³-hybridized carbons (Fsp3) is 0.115. The number of ether oxygens (including phenoxy) is 1. The zero-order chi connectivity index (χ0) is 26.0. The van der Waals surface area contributed by atoms with Gasteiger partial charge in [0.2, 0.25) is 5.82 Å². The number of aliphatic carboxylic acids is 1. The van der Waals surface area contributed by atoms with Crippen LogP contribution in [0.5, 0.6) is 5.75 Å². The number of methoxy groups -OCH3 is 1. The van der Waals surface area contributed by atoms with Gasteiger partial charge in [-0.25, -0.2) is 9.18 Å². The number of hydrogen-bond acceptors (Lipinski definition) is 4. The van der Waals surface area contributed by atoms with Crippen LogP contribution in [-0.4, -0.2) is 35.1 Å². The largest absolute Gasteiger partial charge is 0.493 e. The van der Waals surface area contributed by atoms with Crippen molar-refractivity contribution in [1.29, 1.82) is 0 Å². The van der Waals surface area contributed by atoms with Crippen molar-refractivity contribution in [2.45, 2.75) is 12.5 Å².